The van der Waals surface area contributed by atoms with Crippen LogP contribution in [-0.2, 0) is 21.4 Å². The Balaban J connectivity index is 1.29. The summed E-state index contributed by atoms with van der Waals surface area (Å²) in [6.07, 6.45) is 1.55. The average molecular weight is 518 g/mol. The predicted molar refractivity (Wildman–Crippen MR) is 137 cm³/mol. The van der Waals surface area contributed by atoms with Crippen molar-refractivity contribution >= 4 is 50.5 Å². The Kier molecular flexibility index (Phi) is 7.78. The summed E-state index contributed by atoms with van der Waals surface area (Å²) in [5.74, 6) is -0.117. The van der Waals surface area contributed by atoms with E-state index in [1.807, 2.05) is 24.3 Å². The lowest BCUT2D eigenvalue weighted by Gasteiger charge is -2.31. The fourth-order valence-electron chi connectivity index (χ4n) is 3.93. The lowest BCUT2D eigenvalue weighted by atomic mass is 9.95. The first-order valence-electron chi connectivity index (χ1n) is 10.9. The maximum Gasteiger partial charge on any atom is 0.261 e. The molecule has 2 N–H and O–H groups in total. The van der Waals surface area contributed by atoms with Gasteiger partial charge in [0.15, 0.2) is 0 Å². The second-order valence-corrected chi connectivity index (χ2v) is 10.9. The van der Waals surface area contributed by atoms with Gasteiger partial charge >= 0.3 is 0 Å². The minimum Gasteiger partial charge on any atom is -0.326 e. The summed E-state index contributed by atoms with van der Waals surface area (Å²) < 4.78 is 27.7. The third-order valence-corrected chi connectivity index (χ3v) is 7.67. The van der Waals surface area contributed by atoms with Crippen LogP contribution in [0.2, 0.25) is 10.0 Å². The molecule has 3 aromatic rings. The van der Waals surface area contributed by atoms with E-state index >= 15 is 0 Å². The van der Waals surface area contributed by atoms with E-state index in [0.717, 1.165) is 37.5 Å². The molecule has 3 aromatic carbocycles. The van der Waals surface area contributed by atoms with Gasteiger partial charge in [0, 0.05) is 28.2 Å². The fourth-order valence-corrected chi connectivity index (χ4v) is 5.29. The van der Waals surface area contributed by atoms with Crippen LogP contribution in [0, 0.1) is 5.92 Å². The SMILES string of the molecule is O=C(Nc1ccc(S(=O)(=O)Nc2cccc(Cl)c2)cc1)C1CCN(Cc2ccc(Cl)cc2)CC1. The Morgan fingerprint density at radius 2 is 1.56 bits per heavy atom. The molecule has 1 fully saturated rings. The Bertz CT molecular complexity index is 1240. The van der Waals surface area contributed by atoms with Crippen LogP contribution in [0.5, 0.6) is 0 Å². The summed E-state index contributed by atoms with van der Waals surface area (Å²) in [5.41, 5.74) is 2.15. The number of likely N-dealkylation sites (tertiary alicyclic amines) is 1. The lowest BCUT2D eigenvalue weighted by Crippen LogP contribution is -2.37. The van der Waals surface area contributed by atoms with Crippen LogP contribution in [0.15, 0.2) is 77.7 Å². The van der Waals surface area contributed by atoms with Crippen molar-refractivity contribution in [2.24, 2.45) is 5.92 Å². The summed E-state index contributed by atoms with van der Waals surface area (Å²) in [6, 6.07) is 20.5. The third-order valence-electron chi connectivity index (χ3n) is 5.79. The minimum atomic E-state index is -3.76. The molecule has 9 heteroatoms. The normalized spacial score (nSPS) is 15.1. The number of sulfonamides is 1. The first-order chi connectivity index (χ1) is 16.3. The van der Waals surface area contributed by atoms with Crippen molar-refractivity contribution in [1.82, 2.24) is 4.90 Å². The predicted octanol–water partition coefficient (Wildman–Crippen LogP) is 5.64. The van der Waals surface area contributed by atoms with Crippen LogP contribution in [-0.4, -0.2) is 32.3 Å². The number of hydrogen-bond donors (Lipinski definition) is 2. The number of anilines is 2. The second kappa shape index (κ2) is 10.8. The molecule has 0 aliphatic carbocycles. The van der Waals surface area contributed by atoms with Crippen LogP contribution in [0.4, 0.5) is 11.4 Å². The van der Waals surface area contributed by atoms with Gasteiger partial charge in [0.25, 0.3) is 10.0 Å². The van der Waals surface area contributed by atoms with Crippen LogP contribution >= 0.6 is 23.2 Å². The monoisotopic (exact) mass is 517 g/mol. The largest absolute Gasteiger partial charge is 0.326 e. The molecule has 0 unspecified atom stereocenters. The third kappa shape index (κ3) is 6.51. The maximum absolute atomic E-state index is 12.7. The standard InChI is InChI=1S/C25H25Cl2N3O3S/c26-20-6-4-18(5-7-20)17-30-14-12-19(13-15-30)25(31)28-22-8-10-24(11-9-22)34(32,33)29-23-3-1-2-21(27)16-23/h1-11,16,19,29H,12-15,17H2,(H,28,31). The molecule has 0 atom stereocenters. The highest BCUT2D eigenvalue weighted by Crippen LogP contribution is 2.23. The number of nitrogens with one attached hydrogen (secondary N) is 2. The number of amides is 1. The number of piperidine rings is 1. The first kappa shape index (κ1) is 24.5. The van der Waals surface area contributed by atoms with Crippen LogP contribution in [0.3, 0.4) is 0 Å². The van der Waals surface area contributed by atoms with E-state index in [-0.39, 0.29) is 16.7 Å². The molecule has 0 spiro atoms. The smallest absolute Gasteiger partial charge is 0.261 e. The summed E-state index contributed by atoms with van der Waals surface area (Å²) in [7, 11) is -3.76. The van der Waals surface area contributed by atoms with Gasteiger partial charge in [-0.05, 0) is 86.1 Å². The molecule has 0 bridgehead atoms. The zero-order valence-electron chi connectivity index (χ0n) is 18.4. The van der Waals surface area contributed by atoms with E-state index in [1.54, 1.807) is 30.3 Å². The molecule has 1 aliphatic heterocycles. The molecule has 6 nitrogen and oxygen atoms in total. The van der Waals surface area contributed by atoms with Gasteiger partial charge in [-0.15, -0.1) is 0 Å². The molecule has 1 heterocycles. The zero-order valence-corrected chi connectivity index (χ0v) is 20.7. The Hall–Kier alpha value is -2.58. The minimum absolute atomic E-state index is 0.0428. The zero-order chi connectivity index (χ0) is 24.1. The molecule has 0 saturated carbocycles. The molecule has 178 valence electrons. The van der Waals surface area contributed by atoms with Gasteiger partial charge in [-0.25, -0.2) is 8.42 Å². The summed E-state index contributed by atoms with van der Waals surface area (Å²) in [5, 5.41) is 4.08. The Morgan fingerprint density at radius 1 is 0.882 bits per heavy atom. The van der Waals surface area contributed by atoms with E-state index < -0.39 is 10.0 Å². The van der Waals surface area contributed by atoms with Crippen LogP contribution < -0.4 is 10.0 Å². The van der Waals surface area contributed by atoms with Gasteiger partial charge in [-0.3, -0.25) is 14.4 Å². The van der Waals surface area contributed by atoms with Gasteiger partial charge in [0.2, 0.25) is 5.91 Å². The van der Waals surface area contributed by atoms with Crippen LogP contribution in [0.1, 0.15) is 18.4 Å². The first-order valence-corrected chi connectivity index (χ1v) is 13.2. The quantitative estimate of drug-likeness (QED) is 0.424. The van der Waals surface area contributed by atoms with E-state index in [2.05, 4.69) is 14.9 Å². The Morgan fingerprint density at radius 3 is 2.21 bits per heavy atom. The summed E-state index contributed by atoms with van der Waals surface area (Å²) in [6.45, 7) is 2.52. The molecule has 1 saturated heterocycles. The molecule has 1 aliphatic rings. The van der Waals surface area contributed by atoms with E-state index in [4.69, 9.17) is 23.2 Å². The average Bonchev–Trinajstić information content (AvgIpc) is 2.81. The lowest BCUT2D eigenvalue weighted by molar-refractivity contribution is -0.121. The van der Waals surface area contributed by atoms with Gasteiger partial charge in [0.05, 0.1) is 10.6 Å². The van der Waals surface area contributed by atoms with Gasteiger partial charge < -0.3 is 5.32 Å². The van der Waals surface area contributed by atoms with Crippen molar-refractivity contribution in [3.63, 3.8) is 0 Å². The number of rotatable bonds is 7. The van der Waals surface area contributed by atoms with Crippen molar-refractivity contribution in [2.75, 3.05) is 23.1 Å². The highest BCUT2D eigenvalue weighted by molar-refractivity contribution is 7.92. The molecule has 34 heavy (non-hydrogen) atoms. The van der Waals surface area contributed by atoms with Crippen LogP contribution in [0.25, 0.3) is 0 Å². The molecule has 4 rings (SSSR count). The van der Waals surface area contributed by atoms with Crippen molar-refractivity contribution < 1.29 is 13.2 Å². The number of benzene rings is 3. The number of halogens is 2. The highest BCUT2D eigenvalue weighted by Gasteiger charge is 2.25. The summed E-state index contributed by atoms with van der Waals surface area (Å²) in [4.78, 5) is 15.2. The van der Waals surface area contributed by atoms with Gasteiger partial charge in [0.1, 0.15) is 0 Å². The maximum atomic E-state index is 12.7. The van der Waals surface area contributed by atoms with Crippen molar-refractivity contribution in [3.05, 3.63) is 88.4 Å². The second-order valence-electron chi connectivity index (χ2n) is 8.31. The van der Waals surface area contributed by atoms with E-state index in [1.165, 1.54) is 23.8 Å². The van der Waals surface area contributed by atoms with Gasteiger partial charge in [-0.1, -0.05) is 41.4 Å². The Labute approximate surface area is 209 Å². The number of carbonyl (C=O) groups excluding carboxylic acids is 1. The number of carbonyl (C=O) groups is 1. The fraction of sp³-hybridized carbons (Fsp3) is 0.240. The van der Waals surface area contributed by atoms with Gasteiger partial charge in [-0.2, -0.15) is 0 Å². The number of nitrogens with zero attached hydrogens (tertiary/aromatic N) is 1. The van der Waals surface area contributed by atoms with Crippen molar-refractivity contribution in [1.29, 1.82) is 0 Å². The number of hydrogen-bond acceptors (Lipinski definition) is 4. The van der Waals surface area contributed by atoms with E-state index in [9.17, 15) is 13.2 Å². The topological polar surface area (TPSA) is 78.5 Å². The summed E-state index contributed by atoms with van der Waals surface area (Å²) >= 11 is 11.9. The molecule has 0 radical (unpaired) electrons. The molecular formula is C25H25Cl2N3O3S. The van der Waals surface area contributed by atoms with E-state index in [0.29, 0.717) is 16.4 Å². The van der Waals surface area contributed by atoms with Crippen molar-refractivity contribution in [3.8, 4) is 0 Å². The molecule has 0 aromatic heterocycles. The molecular weight excluding hydrogens is 493 g/mol. The van der Waals surface area contributed by atoms with Crippen molar-refractivity contribution in [2.45, 2.75) is 24.3 Å². The highest BCUT2D eigenvalue weighted by atomic mass is 35.5. The molecule has 1 amide bonds.